The molecule has 1 N–H and O–H groups in total. The van der Waals surface area contributed by atoms with Crippen LogP contribution >= 0.6 is 11.6 Å². The average molecular weight is 420 g/mol. The minimum absolute atomic E-state index is 0.0236. The van der Waals surface area contributed by atoms with Gasteiger partial charge in [-0.05, 0) is 57.9 Å². The van der Waals surface area contributed by atoms with Crippen molar-refractivity contribution in [1.29, 1.82) is 0 Å². The summed E-state index contributed by atoms with van der Waals surface area (Å²) >= 11 is 6.08. The smallest absolute Gasteiger partial charge is 0.226 e. The van der Waals surface area contributed by atoms with E-state index < -0.39 is 0 Å². The van der Waals surface area contributed by atoms with Crippen molar-refractivity contribution in [3.63, 3.8) is 0 Å². The number of amides is 1. The van der Waals surface area contributed by atoms with Gasteiger partial charge in [-0.1, -0.05) is 17.7 Å². The molecule has 0 saturated carbocycles. The fourth-order valence-electron chi connectivity index (χ4n) is 3.62. The highest BCUT2D eigenvalue weighted by atomic mass is 35.5. The molecule has 2 aromatic rings. The van der Waals surface area contributed by atoms with Crippen LogP contribution in [0.25, 0.3) is 11.5 Å². The Morgan fingerprint density at radius 3 is 3.10 bits per heavy atom. The van der Waals surface area contributed by atoms with E-state index in [0.717, 1.165) is 49.4 Å². The Labute approximate surface area is 177 Å². The molecule has 0 bridgehead atoms. The van der Waals surface area contributed by atoms with Crippen molar-refractivity contribution in [1.82, 2.24) is 15.2 Å². The summed E-state index contributed by atoms with van der Waals surface area (Å²) in [7, 11) is 0. The third-order valence-electron chi connectivity index (χ3n) is 5.18. The first-order valence-electron chi connectivity index (χ1n) is 10.4. The number of hydrogen-bond donors (Lipinski definition) is 1. The Bertz CT molecular complexity index is 808. The third-order valence-corrected chi connectivity index (χ3v) is 5.42. The zero-order chi connectivity index (χ0) is 20.6. The molecule has 1 aromatic heterocycles. The van der Waals surface area contributed by atoms with Crippen LogP contribution in [-0.2, 0) is 16.1 Å². The molecule has 0 aliphatic carbocycles. The summed E-state index contributed by atoms with van der Waals surface area (Å²) in [5.74, 6) is 1.56. The number of carbonyl (C=O) groups is 1. The standard InChI is InChI=1S/C22H30ClN3O3/c1-3-28-12-6-10-24-21(27)18-8-5-11-26(14-18)15-20-16(2)29-22(25-20)17-7-4-9-19(23)13-17/h4,7,9,13,18H,3,5-6,8,10-12,14-15H2,1-2H3,(H,24,27)/t18-/m0/s1. The van der Waals surface area contributed by atoms with Gasteiger partial charge in [0.05, 0.1) is 11.6 Å². The molecular weight excluding hydrogens is 390 g/mol. The number of benzene rings is 1. The molecule has 1 aliphatic heterocycles. The van der Waals surface area contributed by atoms with E-state index in [1.807, 2.05) is 38.1 Å². The predicted molar refractivity (Wildman–Crippen MR) is 114 cm³/mol. The van der Waals surface area contributed by atoms with Gasteiger partial charge < -0.3 is 14.5 Å². The summed E-state index contributed by atoms with van der Waals surface area (Å²) in [6, 6.07) is 7.51. The molecule has 158 valence electrons. The van der Waals surface area contributed by atoms with Gasteiger partial charge in [0.25, 0.3) is 0 Å². The van der Waals surface area contributed by atoms with Gasteiger partial charge in [-0.2, -0.15) is 0 Å². The molecule has 1 amide bonds. The number of nitrogens with one attached hydrogen (secondary N) is 1. The van der Waals surface area contributed by atoms with Gasteiger partial charge in [0.15, 0.2) is 0 Å². The molecule has 0 radical (unpaired) electrons. The van der Waals surface area contributed by atoms with Crippen molar-refractivity contribution >= 4 is 17.5 Å². The normalized spacial score (nSPS) is 17.4. The molecule has 7 heteroatoms. The molecule has 1 saturated heterocycles. The molecule has 0 unspecified atom stereocenters. The zero-order valence-corrected chi connectivity index (χ0v) is 18.0. The van der Waals surface area contributed by atoms with Gasteiger partial charge in [0.2, 0.25) is 11.8 Å². The SMILES string of the molecule is CCOCCCNC(=O)[C@H]1CCCN(Cc2nc(-c3cccc(Cl)c3)oc2C)C1. The van der Waals surface area contributed by atoms with Crippen molar-refractivity contribution in [3.05, 3.63) is 40.7 Å². The first kappa shape index (κ1) is 21.8. The van der Waals surface area contributed by atoms with Crippen molar-refractivity contribution < 1.29 is 13.9 Å². The monoisotopic (exact) mass is 419 g/mol. The Kier molecular flexibility index (Phi) is 8.09. The number of aryl methyl sites for hydroxylation is 1. The summed E-state index contributed by atoms with van der Waals surface area (Å²) in [5, 5.41) is 3.70. The number of oxazole rings is 1. The van der Waals surface area contributed by atoms with E-state index in [9.17, 15) is 4.79 Å². The minimum atomic E-state index is 0.0236. The van der Waals surface area contributed by atoms with Crippen LogP contribution in [0.2, 0.25) is 5.02 Å². The molecule has 6 nitrogen and oxygen atoms in total. The van der Waals surface area contributed by atoms with Crippen molar-refractivity contribution in [2.45, 2.75) is 39.7 Å². The van der Waals surface area contributed by atoms with Gasteiger partial charge in [-0.3, -0.25) is 9.69 Å². The third kappa shape index (κ3) is 6.29. The van der Waals surface area contributed by atoms with E-state index in [0.29, 0.717) is 37.2 Å². The lowest BCUT2D eigenvalue weighted by atomic mass is 9.97. The number of nitrogens with zero attached hydrogens (tertiary/aromatic N) is 2. The molecular formula is C22H30ClN3O3. The van der Waals surface area contributed by atoms with Crippen LogP contribution in [0.15, 0.2) is 28.7 Å². The Hall–Kier alpha value is -1.89. The van der Waals surface area contributed by atoms with Crippen molar-refractivity contribution in [2.75, 3.05) is 32.8 Å². The summed E-state index contributed by atoms with van der Waals surface area (Å²) < 4.78 is 11.2. The number of piperidine rings is 1. The van der Waals surface area contributed by atoms with Gasteiger partial charge in [-0.15, -0.1) is 0 Å². The second-order valence-corrected chi connectivity index (χ2v) is 7.88. The van der Waals surface area contributed by atoms with Crippen LogP contribution in [0.4, 0.5) is 0 Å². The van der Waals surface area contributed by atoms with Crippen LogP contribution in [-0.4, -0.2) is 48.6 Å². The van der Waals surface area contributed by atoms with E-state index in [1.54, 1.807) is 0 Å². The van der Waals surface area contributed by atoms with E-state index in [1.165, 1.54) is 0 Å². The molecule has 29 heavy (non-hydrogen) atoms. The van der Waals surface area contributed by atoms with Crippen LogP contribution in [0.3, 0.4) is 0 Å². The maximum atomic E-state index is 12.5. The summed E-state index contributed by atoms with van der Waals surface area (Å²) in [5.41, 5.74) is 1.78. The molecule has 2 heterocycles. The number of rotatable bonds is 9. The maximum Gasteiger partial charge on any atom is 0.226 e. The van der Waals surface area contributed by atoms with Crippen LogP contribution in [0.1, 0.15) is 37.6 Å². The zero-order valence-electron chi connectivity index (χ0n) is 17.2. The van der Waals surface area contributed by atoms with Crippen molar-refractivity contribution in [3.8, 4) is 11.5 Å². The lowest BCUT2D eigenvalue weighted by molar-refractivity contribution is -0.126. The molecule has 3 rings (SSSR count). The molecule has 1 aliphatic rings. The van der Waals surface area contributed by atoms with E-state index in [4.69, 9.17) is 20.8 Å². The van der Waals surface area contributed by atoms with E-state index in [-0.39, 0.29) is 11.8 Å². The van der Waals surface area contributed by atoms with Gasteiger partial charge in [0.1, 0.15) is 5.76 Å². The Morgan fingerprint density at radius 2 is 2.31 bits per heavy atom. The topological polar surface area (TPSA) is 67.6 Å². The quantitative estimate of drug-likeness (QED) is 0.621. The highest BCUT2D eigenvalue weighted by Gasteiger charge is 2.26. The first-order valence-corrected chi connectivity index (χ1v) is 10.7. The number of halogens is 1. The predicted octanol–water partition coefficient (Wildman–Crippen LogP) is 4.06. The van der Waals surface area contributed by atoms with Gasteiger partial charge >= 0.3 is 0 Å². The van der Waals surface area contributed by atoms with Crippen LogP contribution in [0.5, 0.6) is 0 Å². The van der Waals surface area contributed by atoms with Gasteiger partial charge in [0, 0.05) is 43.4 Å². The summed E-state index contributed by atoms with van der Waals surface area (Å²) in [6.45, 7) is 8.38. The molecule has 0 spiro atoms. The van der Waals surface area contributed by atoms with Crippen molar-refractivity contribution in [2.24, 2.45) is 5.92 Å². The maximum absolute atomic E-state index is 12.5. The summed E-state index contributed by atoms with van der Waals surface area (Å²) in [6.07, 6.45) is 2.79. The van der Waals surface area contributed by atoms with Crippen LogP contribution in [0, 0.1) is 12.8 Å². The largest absolute Gasteiger partial charge is 0.441 e. The Balaban J connectivity index is 1.54. The second kappa shape index (κ2) is 10.8. The lowest BCUT2D eigenvalue weighted by Crippen LogP contribution is -2.43. The number of likely N-dealkylation sites (tertiary alicyclic amines) is 1. The number of aromatic nitrogens is 1. The highest BCUT2D eigenvalue weighted by Crippen LogP contribution is 2.26. The fraction of sp³-hybridized carbons (Fsp3) is 0.545. The van der Waals surface area contributed by atoms with E-state index in [2.05, 4.69) is 15.2 Å². The number of carbonyl (C=O) groups excluding carboxylic acids is 1. The second-order valence-electron chi connectivity index (χ2n) is 7.45. The summed E-state index contributed by atoms with van der Waals surface area (Å²) in [4.78, 5) is 19.5. The number of hydrogen-bond acceptors (Lipinski definition) is 5. The number of ether oxygens (including phenoxy) is 1. The minimum Gasteiger partial charge on any atom is -0.441 e. The lowest BCUT2D eigenvalue weighted by Gasteiger charge is -2.31. The molecule has 1 aromatic carbocycles. The molecule has 1 atom stereocenters. The van der Waals surface area contributed by atoms with Gasteiger partial charge in [-0.25, -0.2) is 4.98 Å². The Morgan fingerprint density at radius 1 is 1.45 bits per heavy atom. The van der Waals surface area contributed by atoms with Crippen LogP contribution < -0.4 is 5.32 Å². The van der Waals surface area contributed by atoms with E-state index >= 15 is 0 Å². The molecule has 1 fully saturated rings. The fourth-order valence-corrected chi connectivity index (χ4v) is 3.81. The average Bonchev–Trinajstić information content (AvgIpc) is 3.08. The first-order chi connectivity index (χ1) is 14.1. The highest BCUT2D eigenvalue weighted by molar-refractivity contribution is 6.30.